The molecule has 0 N–H and O–H groups in total. The largest absolute Gasteiger partial charge is 0.469 e. The van der Waals surface area contributed by atoms with Gasteiger partial charge in [-0.25, -0.2) is 4.79 Å². The van der Waals surface area contributed by atoms with E-state index in [1.807, 2.05) is 0 Å². The maximum atomic E-state index is 11.6. The molecule has 6 nitrogen and oxygen atoms in total. The fraction of sp³-hybridized carbons (Fsp3) is 0.692. The summed E-state index contributed by atoms with van der Waals surface area (Å²) in [6.45, 7) is 7.12. The molecule has 0 aliphatic heterocycles. The van der Waals surface area contributed by atoms with Crippen LogP contribution < -0.4 is 0 Å². The van der Waals surface area contributed by atoms with E-state index in [1.165, 1.54) is 14.2 Å². The van der Waals surface area contributed by atoms with Crippen molar-refractivity contribution in [2.75, 3.05) is 27.6 Å². The summed E-state index contributed by atoms with van der Waals surface area (Å²) in [6, 6.07) is 0. The molecule has 0 aliphatic carbocycles. The average molecular weight is 274 g/mol. The molecule has 19 heavy (non-hydrogen) atoms. The van der Waals surface area contributed by atoms with E-state index in [-0.39, 0.29) is 12.4 Å². The van der Waals surface area contributed by atoms with Gasteiger partial charge >= 0.3 is 11.9 Å². The van der Waals surface area contributed by atoms with E-state index >= 15 is 0 Å². The zero-order valence-corrected chi connectivity index (χ0v) is 11.9. The van der Waals surface area contributed by atoms with E-state index < -0.39 is 24.0 Å². The van der Waals surface area contributed by atoms with Crippen molar-refractivity contribution in [2.24, 2.45) is 5.92 Å². The third kappa shape index (κ3) is 6.93. The molecule has 0 aliphatic rings. The van der Waals surface area contributed by atoms with Crippen LogP contribution in [0.1, 0.15) is 20.3 Å². The molecule has 0 amide bonds. The predicted molar refractivity (Wildman–Crippen MR) is 68.3 cm³/mol. The molecular weight excluding hydrogens is 252 g/mol. The summed E-state index contributed by atoms with van der Waals surface area (Å²) in [4.78, 5) is 23.1. The zero-order valence-electron chi connectivity index (χ0n) is 11.9. The van der Waals surface area contributed by atoms with Gasteiger partial charge in [-0.1, -0.05) is 6.58 Å². The molecule has 0 spiro atoms. The van der Waals surface area contributed by atoms with Crippen LogP contribution in [0.4, 0.5) is 0 Å². The first-order chi connectivity index (χ1) is 8.93. The van der Waals surface area contributed by atoms with Crippen LogP contribution in [0, 0.1) is 5.92 Å². The summed E-state index contributed by atoms with van der Waals surface area (Å²) < 4.78 is 19.7. The van der Waals surface area contributed by atoms with E-state index in [1.54, 1.807) is 13.8 Å². The smallest absolute Gasteiger partial charge is 0.333 e. The first kappa shape index (κ1) is 17.6. The standard InChI is InChI=1S/C13H22O6/c1-9(2)12(14)19-10(3)11(13(15)17-5)6-7-18-8-16-4/h10-11H,1,6-8H2,2-5H3. The average Bonchev–Trinajstić information content (AvgIpc) is 2.37. The summed E-state index contributed by atoms with van der Waals surface area (Å²) in [7, 11) is 2.80. The lowest BCUT2D eigenvalue weighted by atomic mass is 10.00. The third-order valence-electron chi connectivity index (χ3n) is 2.49. The minimum absolute atomic E-state index is 0.147. The third-order valence-corrected chi connectivity index (χ3v) is 2.49. The van der Waals surface area contributed by atoms with Crippen molar-refractivity contribution >= 4 is 11.9 Å². The molecule has 0 saturated carbocycles. The minimum atomic E-state index is -0.609. The van der Waals surface area contributed by atoms with Crippen molar-refractivity contribution in [3.8, 4) is 0 Å². The van der Waals surface area contributed by atoms with Crippen molar-refractivity contribution in [2.45, 2.75) is 26.4 Å². The normalized spacial score (nSPS) is 13.5. The fourth-order valence-corrected chi connectivity index (χ4v) is 1.40. The highest BCUT2D eigenvalue weighted by Gasteiger charge is 2.28. The van der Waals surface area contributed by atoms with E-state index in [9.17, 15) is 9.59 Å². The number of hydrogen-bond acceptors (Lipinski definition) is 6. The Morgan fingerprint density at radius 1 is 1.26 bits per heavy atom. The van der Waals surface area contributed by atoms with Gasteiger partial charge in [0.05, 0.1) is 19.6 Å². The number of rotatable bonds is 9. The second kappa shape index (κ2) is 9.52. The maximum absolute atomic E-state index is 11.6. The molecule has 2 atom stereocenters. The molecule has 0 rings (SSSR count). The molecule has 110 valence electrons. The van der Waals surface area contributed by atoms with Crippen LogP contribution in [0.3, 0.4) is 0 Å². The molecule has 0 aromatic carbocycles. The van der Waals surface area contributed by atoms with Crippen LogP contribution in [0.25, 0.3) is 0 Å². The van der Waals surface area contributed by atoms with Crippen LogP contribution >= 0.6 is 0 Å². The highest BCUT2D eigenvalue weighted by Crippen LogP contribution is 2.16. The SMILES string of the molecule is C=C(C)C(=O)OC(C)C(CCOCOC)C(=O)OC. The van der Waals surface area contributed by atoms with Gasteiger partial charge in [0.2, 0.25) is 0 Å². The molecule has 0 fully saturated rings. The highest BCUT2D eigenvalue weighted by atomic mass is 16.7. The summed E-state index contributed by atoms with van der Waals surface area (Å²) in [5.74, 6) is -1.55. The Balaban J connectivity index is 4.43. The second-order valence-corrected chi connectivity index (χ2v) is 4.12. The van der Waals surface area contributed by atoms with Crippen molar-refractivity contribution in [1.82, 2.24) is 0 Å². The second-order valence-electron chi connectivity index (χ2n) is 4.12. The number of hydrogen-bond donors (Lipinski definition) is 0. The van der Waals surface area contributed by atoms with E-state index in [2.05, 4.69) is 6.58 Å². The van der Waals surface area contributed by atoms with Crippen LogP contribution in [0.2, 0.25) is 0 Å². The van der Waals surface area contributed by atoms with Crippen LogP contribution in [-0.2, 0) is 28.5 Å². The minimum Gasteiger partial charge on any atom is -0.469 e. The lowest BCUT2D eigenvalue weighted by Crippen LogP contribution is -2.32. The summed E-state index contributed by atoms with van der Waals surface area (Å²) in [6.07, 6.45) is -0.233. The Hall–Kier alpha value is -1.40. The van der Waals surface area contributed by atoms with Crippen molar-refractivity contribution < 1.29 is 28.5 Å². The van der Waals surface area contributed by atoms with Crippen LogP contribution in [-0.4, -0.2) is 45.7 Å². The van der Waals surface area contributed by atoms with Gasteiger partial charge in [0.1, 0.15) is 12.9 Å². The maximum Gasteiger partial charge on any atom is 0.333 e. The molecule has 2 unspecified atom stereocenters. The summed E-state index contributed by atoms with van der Waals surface area (Å²) in [5, 5.41) is 0. The lowest BCUT2D eigenvalue weighted by molar-refractivity contribution is -0.158. The molecule has 0 heterocycles. The molecular formula is C13H22O6. The number of carbonyl (C=O) groups excluding carboxylic acids is 2. The fourth-order valence-electron chi connectivity index (χ4n) is 1.40. The molecule has 0 aromatic rings. The van der Waals surface area contributed by atoms with Gasteiger partial charge < -0.3 is 18.9 Å². The summed E-state index contributed by atoms with van der Waals surface area (Å²) >= 11 is 0. The predicted octanol–water partition coefficient (Wildman–Crippen LogP) is 1.29. The van der Waals surface area contributed by atoms with E-state index in [4.69, 9.17) is 18.9 Å². The first-order valence-electron chi connectivity index (χ1n) is 5.95. The number of ether oxygens (including phenoxy) is 4. The van der Waals surface area contributed by atoms with Gasteiger partial charge in [-0.2, -0.15) is 0 Å². The molecule has 0 aromatic heterocycles. The van der Waals surface area contributed by atoms with E-state index in [0.29, 0.717) is 13.0 Å². The monoisotopic (exact) mass is 274 g/mol. The lowest BCUT2D eigenvalue weighted by Gasteiger charge is -2.22. The topological polar surface area (TPSA) is 71.1 Å². The van der Waals surface area contributed by atoms with E-state index in [0.717, 1.165) is 0 Å². The van der Waals surface area contributed by atoms with Gasteiger partial charge in [0.15, 0.2) is 0 Å². The Morgan fingerprint density at radius 3 is 2.37 bits per heavy atom. The molecule has 0 radical (unpaired) electrons. The van der Waals surface area contributed by atoms with Crippen LogP contribution in [0.15, 0.2) is 12.2 Å². The number of methoxy groups -OCH3 is 2. The molecule has 0 bridgehead atoms. The van der Waals surface area contributed by atoms with Crippen molar-refractivity contribution in [3.05, 3.63) is 12.2 Å². The highest BCUT2D eigenvalue weighted by molar-refractivity contribution is 5.87. The number of esters is 2. The quantitative estimate of drug-likeness (QED) is 0.273. The van der Waals surface area contributed by atoms with Crippen molar-refractivity contribution in [1.29, 1.82) is 0 Å². The first-order valence-corrected chi connectivity index (χ1v) is 5.95. The Kier molecular flexibility index (Phi) is 8.82. The van der Waals surface area contributed by atoms with Crippen molar-refractivity contribution in [3.63, 3.8) is 0 Å². The van der Waals surface area contributed by atoms with Gasteiger partial charge in [-0.15, -0.1) is 0 Å². The Labute approximate surface area is 113 Å². The summed E-state index contributed by atoms with van der Waals surface area (Å²) in [5.41, 5.74) is 0.283. The Bertz CT molecular complexity index is 312. The van der Waals surface area contributed by atoms with Gasteiger partial charge in [0.25, 0.3) is 0 Å². The van der Waals surface area contributed by atoms with Crippen LogP contribution in [0.5, 0.6) is 0 Å². The number of carbonyl (C=O) groups is 2. The van der Waals surface area contributed by atoms with Gasteiger partial charge in [0, 0.05) is 12.7 Å². The molecule has 6 heteroatoms. The van der Waals surface area contributed by atoms with Gasteiger partial charge in [-0.3, -0.25) is 4.79 Å². The zero-order chi connectivity index (χ0) is 14.8. The Morgan fingerprint density at radius 2 is 1.89 bits per heavy atom. The van der Waals surface area contributed by atoms with Gasteiger partial charge in [-0.05, 0) is 20.3 Å². The molecule has 0 saturated heterocycles.